The zero-order valence-corrected chi connectivity index (χ0v) is 18.7. The fourth-order valence-corrected chi connectivity index (χ4v) is 5.40. The first kappa shape index (κ1) is 23.5. The SMILES string of the molecule is COc1cc(C)nc(NC(=O)NS(=O)(=O)c2ccccc2S(=O)(=O)N(C)C(C)C)n1. The van der Waals surface area contributed by atoms with Crippen molar-refractivity contribution in [1.82, 2.24) is 19.0 Å². The van der Waals surface area contributed by atoms with Crippen molar-refractivity contribution in [3.05, 3.63) is 36.0 Å². The second-order valence-electron chi connectivity index (χ2n) is 6.50. The Labute approximate surface area is 175 Å². The predicted octanol–water partition coefficient (Wildman–Crippen LogP) is 1.33. The Bertz CT molecular complexity index is 1150. The molecule has 0 saturated carbocycles. The van der Waals surface area contributed by atoms with Crippen LogP contribution in [-0.2, 0) is 20.0 Å². The lowest BCUT2D eigenvalue weighted by molar-refractivity contribution is 0.256. The van der Waals surface area contributed by atoms with Crippen LogP contribution in [0.5, 0.6) is 5.88 Å². The molecular formula is C17H23N5O6S2. The van der Waals surface area contributed by atoms with Gasteiger partial charge in [0.05, 0.1) is 7.11 Å². The summed E-state index contributed by atoms with van der Waals surface area (Å²) >= 11 is 0. The lowest BCUT2D eigenvalue weighted by Crippen LogP contribution is -2.37. The number of sulfonamides is 2. The Morgan fingerprint density at radius 3 is 2.27 bits per heavy atom. The lowest BCUT2D eigenvalue weighted by atomic mass is 10.4. The highest BCUT2D eigenvalue weighted by atomic mass is 32.2. The van der Waals surface area contributed by atoms with Gasteiger partial charge in [0.1, 0.15) is 9.79 Å². The lowest BCUT2D eigenvalue weighted by Gasteiger charge is -2.22. The molecule has 0 unspecified atom stereocenters. The Kier molecular flexibility index (Phi) is 7.00. The maximum atomic E-state index is 12.8. The van der Waals surface area contributed by atoms with E-state index in [2.05, 4.69) is 15.3 Å². The highest BCUT2D eigenvalue weighted by molar-refractivity contribution is 7.92. The highest BCUT2D eigenvalue weighted by Gasteiger charge is 2.31. The van der Waals surface area contributed by atoms with Crippen LogP contribution >= 0.6 is 0 Å². The summed E-state index contributed by atoms with van der Waals surface area (Å²) in [5, 5.41) is 2.19. The van der Waals surface area contributed by atoms with Gasteiger partial charge in [-0.1, -0.05) is 12.1 Å². The Morgan fingerprint density at radius 1 is 1.10 bits per heavy atom. The van der Waals surface area contributed by atoms with Crippen LogP contribution in [0.3, 0.4) is 0 Å². The van der Waals surface area contributed by atoms with Crippen LogP contribution in [0.25, 0.3) is 0 Å². The first-order valence-electron chi connectivity index (χ1n) is 8.69. The third kappa shape index (κ3) is 5.23. The molecule has 0 aliphatic heterocycles. The maximum Gasteiger partial charge on any atom is 0.335 e. The Hall–Kier alpha value is -2.77. The van der Waals surface area contributed by atoms with Crippen LogP contribution in [0.2, 0.25) is 0 Å². The summed E-state index contributed by atoms with van der Waals surface area (Å²) in [7, 11) is -5.94. The molecule has 0 aliphatic rings. The van der Waals surface area contributed by atoms with Crippen molar-refractivity contribution in [2.45, 2.75) is 36.6 Å². The highest BCUT2D eigenvalue weighted by Crippen LogP contribution is 2.24. The topological polar surface area (TPSA) is 148 Å². The number of rotatable bonds is 7. The molecule has 0 fully saturated rings. The molecule has 2 amide bonds. The van der Waals surface area contributed by atoms with Crippen LogP contribution in [-0.4, -0.2) is 57.3 Å². The number of carbonyl (C=O) groups excluding carboxylic acids is 1. The molecule has 2 rings (SSSR count). The number of methoxy groups -OCH3 is 1. The average Bonchev–Trinajstić information content (AvgIpc) is 2.66. The molecule has 164 valence electrons. The molecule has 30 heavy (non-hydrogen) atoms. The number of aryl methyl sites for hydroxylation is 1. The Morgan fingerprint density at radius 2 is 1.70 bits per heavy atom. The van der Waals surface area contributed by atoms with Crippen molar-refractivity contribution in [1.29, 1.82) is 0 Å². The van der Waals surface area contributed by atoms with Gasteiger partial charge in [0.25, 0.3) is 10.0 Å². The maximum absolute atomic E-state index is 12.8. The normalized spacial score (nSPS) is 12.1. The number of urea groups is 1. The number of hydrogen-bond acceptors (Lipinski definition) is 8. The van der Waals surface area contributed by atoms with E-state index >= 15 is 0 Å². The number of aromatic nitrogens is 2. The fraction of sp³-hybridized carbons (Fsp3) is 0.353. The largest absolute Gasteiger partial charge is 0.481 e. The van der Waals surface area contributed by atoms with E-state index in [-0.39, 0.29) is 11.8 Å². The summed E-state index contributed by atoms with van der Waals surface area (Å²) in [6.45, 7) is 4.93. The zero-order valence-electron chi connectivity index (χ0n) is 17.1. The van der Waals surface area contributed by atoms with Crippen molar-refractivity contribution >= 4 is 32.0 Å². The third-order valence-electron chi connectivity index (χ3n) is 4.02. The number of ether oxygens (including phenoxy) is 1. The van der Waals surface area contributed by atoms with Gasteiger partial charge in [-0.2, -0.15) is 9.29 Å². The van der Waals surface area contributed by atoms with Crippen molar-refractivity contribution in [3.63, 3.8) is 0 Å². The molecule has 1 aromatic heterocycles. The molecule has 0 atom stereocenters. The van der Waals surface area contributed by atoms with Gasteiger partial charge in [-0.25, -0.2) is 31.3 Å². The van der Waals surface area contributed by atoms with E-state index in [1.54, 1.807) is 25.5 Å². The molecule has 1 heterocycles. The van der Waals surface area contributed by atoms with Gasteiger partial charge in [0.15, 0.2) is 0 Å². The van der Waals surface area contributed by atoms with Gasteiger partial charge < -0.3 is 4.74 Å². The van der Waals surface area contributed by atoms with E-state index in [9.17, 15) is 21.6 Å². The second kappa shape index (κ2) is 8.93. The molecule has 0 aliphatic carbocycles. The van der Waals surface area contributed by atoms with E-state index in [1.165, 1.54) is 32.4 Å². The summed E-state index contributed by atoms with van der Waals surface area (Å²) in [5.74, 6) is -0.00573. The minimum atomic E-state index is -4.53. The van der Waals surface area contributed by atoms with Crippen LogP contribution in [0.1, 0.15) is 19.5 Å². The molecule has 0 radical (unpaired) electrons. The van der Waals surface area contributed by atoms with Gasteiger partial charge in [-0.05, 0) is 32.9 Å². The molecule has 2 N–H and O–H groups in total. The van der Waals surface area contributed by atoms with Crippen LogP contribution < -0.4 is 14.8 Å². The second-order valence-corrected chi connectivity index (χ2v) is 10.1. The van der Waals surface area contributed by atoms with Crippen LogP contribution in [0, 0.1) is 6.92 Å². The summed E-state index contributed by atoms with van der Waals surface area (Å²) in [5.41, 5.74) is 0.480. The quantitative estimate of drug-likeness (QED) is 0.633. The van der Waals surface area contributed by atoms with Crippen molar-refractivity contribution < 1.29 is 26.4 Å². The van der Waals surface area contributed by atoms with E-state index in [1.807, 2.05) is 0 Å². The number of anilines is 1. The predicted molar refractivity (Wildman–Crippen MR) is 109 cm³/mol. The van der Waals surface area contributed by atoms with Gasteiger partial charge in [-0.15, -0.1) is 0 Å². The van der Waals surface area contributed by atoms with Crippen LogP contribution in [0.15, 0.2) is 40.1 Å². The minimum absolute atomic E-state index is 0.175. The monoisotopic (exact) mass is 457 g/mol. The Balaban J connectivity index is 2.35. The number of amides is 2. The molecule has 0 spiro atoms. The molecule has 2 aromatic rings. The number of nitrogens with zero attached hydrogens (tertiary/aromatic N) is 3. The first-order chi connectivity index (χ1) is 13.9. The van der Waals surface area contributed by atoms with E-state index < -0.39 is 41.9 Å². The average molecular weight is 458 g/mol. The number of nitrogens with one attached hydrogen (secondary N) is 2. The number of hydrogen-bond donors (Lipinski definition) is 2. The third-order valence-corrected chi connectivity index (χ3v) is 7.63. The van der Waals surface area contributed by atoms with Crippen molar-refractivity contribution in [2.24, 2.45) is 0 Å². The molecule has 0 bridgehead atoms. The number of carbonyl (C=O) groups is 1. The molecule has 13 heteroatoms. The van der Waals surface area contributed by atoms with E-state index in [4.69, 9.17) is 4.74 Å². The summed E-state index contributed by atoms with van der Waals surface area (Å²) in [6.07, 6.45) is 0. The van der Waals surface area contributed by atoms with Gasteiger partial charge in [-0.3, -0.25) is 5.32 Å². The molecule has 11 nitrogen and oxygen atoms in total. The number of benzene rings is 1. The summed E-state index contributed by atoms with van der Waals surface area (Å²) in [6, 6.07) is 4.97. The smallest absolute Gasteiger partial charge is 0.335 e. The standard InChI is InChI=1S/C17H23N5O6S2/c1-11(2)22(4)30(26,27)14-9-7-6-8-13(14)29(24,25)21-17(23)20-16-18-12(3)10-15(19-16)28-5/h6-11H,1-5H3,(H2,18,19,20,21,23). The summed E-state index contributed by atoms with van der Waals surface area (Å²) in [4.78, 5) is 19.1. The van der Waals surface area contributed by atoms with Gasteiger partial charge >= 0.3 is 6.03 Å². The van der Waals surface area contributed by atoms with Crippen molar-refractivity contribution in [2.75, 3.05) is 19.5 Å². The van der Waals surface area contributed by atoms with Gasteiger partial charge in [0, 0.05) is 24.8 Å². The van der Waals surface area contributed by atoms with Crippen LogP contribution in [0.4, 0.5) is 10.7 Å². The zero-order chi connectivity index (χ0) is 22.7. The minimum Gasteiger partial charge on any atom is -0.481 e. The van der Waals surface area contributed by atoms with Gasteiger partial charge in [0.2, 0.25) is 21.9 Å². The summed E-state index contributed by atoms with van der Waals surface area (Å²) < 4.78 is 59.0. The molecular weight excluding hydrogens is 434 g/mol. The molecule has 0 saturated heterocycles. The fourth-order valence-electron chi connectivity index (χ4n) is 2.32. The van der Waals surface area contributed by atoms with Crippen molar-refractivity contribution in [3.8, 4) is 5.88 Å². The van der Waals surface area contributed by atoms with E-state index in [0.29, 0.717) is 5.69 Å². The first-order valence-corrected chi connectivity index (χ1v) is 11.6. The van der Waals surface area contributed by atoms with E-state index in [0.717, 1.165) is 16.4 Å². The molecule has 1 aromatic carbocycles.